The molecule has 0 heterocycles. The molecule has 0 aliphatic heterocycles. The summed E-state index contributed by atoms with van der Waals surface area (Å²) in [6.45, 7) is 3.31. The Morgan fingerprint density at radius 1 is 1.20 bits per heavy atom. The third kappa shape index (κ3) is 3.88. The van der Waals surface area contributed by atoms with Crippen molar-refractivity contribution in [2.75, 3.05) is 13.1 Å². The molecule has 2 N–H and O–H groups in total. The van der Waals surface area contributed by atoms with Crippen molar-refractivity contribution in [3.05, 3.63) is 34.9 Å². The molecule has 25 heavy (non-hydrogen) atoms. The third-order valence-corrected chi connectivity index (χ3v) is 6.98. The van der Waals surface area contributed by atoms with E-state index in [0.717, 1.165) is 34.9 Å². The highest BCUT2D eigenvalue weighted by molar-refractivity contribution is 6.30. The van der Waals surface area contributed by atoms with Gasteiger partial charge in [-0.15, -0.1) is 0 Å². The van der Waals surface area contributed by atoms with E-state index in [9.17, 15) is 4.79 Å². The van der Waals surface area contributed by atoms with Crippen molar-refractivity contribution in [1.29, 1.82) is 0 Å². The molecule has 4 aliphatic carbocycles. The highest BCUT2D eigenvalue weighted by Gasteiger charge is 2.50. The van der Waals surface area contributed by atoms with Crippen LogP contribution in [0.4, 0.5) is 0 Å². The van der Waals surface area contributed by atoms with Gasteiger partial charge < -0.3 is 10.6 Å². The first kappa shape index (κ1) is 17.4. The van der Waals surface area contributed by atoms with Crippen molar-refractivity contribution in [2.45, 2.75) is 51.5 Å². The van der Waals surface area contributed by atoms with E-state index in [0.29, 0.717) is 12.0 Å². The van der Waals surface area contributed by atoms with E-state index < -0.39 is 0 Å². The Balaban J connectivity index is 1.26. The van der Waals surface area contributed by atoms with Crippen LogP contribution in [0.15, 0.2) is 24.3 Å². The van der Waals surface area contributed by atoms with E-state index in [4.69, 9.17) is 11.6 Å². The first-order valence-corrected chi connectivity index (χ1v) is 10.1. The maximum absolute atomic E-state index is 12.3. The second kappa shape index (κ2) is 6.92. The number of hydrogen-bond acceptors (Lipinski definition) is 2. The fourth-order valence-corrected chi connectivity index (χ4v) is 6.19. The van der Waals surface area contributed by atoms with Gasteiger partial charge in [-0.3, -0.25) is 4.79 Å². The fraction of sp³-hybridized carbons (Fsp3) is 0.667. The predicted molar refractivity (Wildman–Crippen MR) is 101 cm³/mol. The summed E-state index contributed by atoms with van der Waals surface area (Å²) < 4.78 is 0. The van der Waals surface area contributed by atoms with Crippen molar-refractivity contribution in [2.24, 2.45) is 23.2 Å². The molecule has 4 saturated carbocycles. The van der Waals surface area contributed by atoms with Crippen LogP contribution >= 0.6 is 11.6 Å². The van der Waals surface area contributed by atoms with Gasteiger partial charge in [0, 0.05) is 17.6 Å². The van der Waals surface area contributed by atoms with Gasteiger partial charge in [0.1, 0.15) is 0 Å². The number of carbonyl (C=O) groups is 1. The van der Waals surface area contributed by atoms with Crippen LogP contribution in [0.2, 0.25) is 5.02 Å². The van der Waals surface area contributed by atoms with Crippen molar-refractivity contribution in [1.82, 2.24) is 10.6 Å². The summed E-state index contributed by atoms with van der Waals surface area (Å²) in [5.74, 6) is 2.92. The van der Waals surface area contributed by atoms with Gasteiger partial charge in [0.05, 0.1) is 6.54 Å². The largest absolute Gasteiger partial charge is 0.354 e. The smallest absolute Gasteiger partial charge is 0.233 e. The lowest BCUT2D eigenvalue weighted by molar-refractivity contribution is -0.122. The first-order chi connectivity index (χ1) is 12.0. The molecular weight excluding hydrogens is 332 g/mol. The summed E-state index contributed by atoms with van der Waals surface area (Å²) in [6.07, 6.45) is 8.37. The number of amides is 1. The van der Waals surface area contributed by atoms with Gasteiger partial charge in [-0.05, 0) is 86.3 Å². The minimum absolute atomic E-state index is 0.115. The van der Waals surface area contributed by atoms with Crippen LogP contribution in [0.3, 0.4) is 0 Å². The summed E-state index contributed by atoms with van der Waals surface area (Å²) in [5.41, 5.74) is 1.52. The number of halogens is 1. The van der Waals surface area contributed by atoms with Gasteiger partial charge in [-0.2, -0.15) is 0 Å². The summed E-state index contributed by atoms with van der Waals surface area (Å²) in [7, 11) is 0. The molecular formula is C21H29ClN2O. The normalized spacial score (nSPS) is 34.1. The molecule has 1 atom stereocenters. The summed E-state index contributed by atoms with van der Waals surface area (Å²) >= 11 is 6.04. The van der Waals surface area contributed by atoms with Crippen molar-refractivity contribution in [3.8, 4) is 0 Å². The molecule has 136 valence electrons. The highest BCUT2D eigenvalue weighted by Crippen LogP contribution is 2.59. The van der Waals surface area contributed by atoms with Crippen LogP contribution in [0.5, 0.6) is 0 Å². The number of carbonyl (C=O) groups excluding carboxylic acids is 1. The van der Waals surface area contributed by atoms with Gasteiger partial charge >= 0.3 is 0 Å². The predicted octanol–water partition coefficient (Wildman–Crippen LogP) is 4.32. The molecule has 0 saturated heterocycles. The van der Waals surface area contributed by atoms with Crippen LogP contribution in [-0.4, -0.2) is 19.0 Å². The van der Waals surface area contributed by atoms with E-state index in [1.165, 1.54) is 38.5 Å². The van der Waals surface area contributed by atoms with Crippen molar-refractivity contribution >= 4 is 17.5 Å². The van der Waals surface area contributed by atoms with Crippen LogP contribution < -0.4 is 10.6 Å². The lowest BCUT2D eigenvalue weighted by Crippen LogP contribution is -2.51. The molecule has 4 bridgehead atoms. The van der Waals surface area contributed by atoms with Gasteiger partial charge in [0.15, 0.2) is 0 Å². The van der Waals surface area contributed by atoms with E-state index in [2.05, 4.69) is 17.6 Å². The van der Waals surface area contributed by atoms with E-state index in [1.54, 1.807) is 0 Å². The van der Waals surface area contributed by atoms with Crippen LogP contribution in [0, 0.1) is 23.2 Å². The molecule has 3 nitrogen and oxygen atoms in total. The molecule has 5 rings (SSSR count). The molecule has 4 fully saturated rings. The average molecular weight is 361 g/mol. The molecule has 1 amide bonds. The van der Waals surface area contributed by atoms with Crippen LogP contribution in [0.25, 0.3) is 0 Å². The number of hydrogen-bond donors (Lipinski definition) is 2. The van der Waals surface area contributed by atoms with Gasteiger partial charge in [0.25, 0.3) is 0 Å². The lowest BCUT2D eigenvalue weighted by Gasteiger charge is -2.56. The summed E-state index contributed by atoms with van der Waals surface area (Å²) in [6, 6.07) is 7.92. The van der Waals surface area contributed by atoms with Crippen LogP contribution in [0.1, 0.15) is 57.1 Å². The minimum Gasteiger partial charge on any atom is -0.354 e. The molecule has 1 aromatic carbocycles. The molecule has 0 aromatic heterocycles. The number of nitrogens with one attached hydrogen (secondary N) is 2. The molecule has 0 radical (unpaired) electrons. The van der Waals surface area contributed by atoms with Crippen molar-refractivity contribution in [3.63, 3.8) is 0 Å². The molecule has 4 aliphatic rings. The topological polar surface area (TPSA) is 41.1 Å². The summed E-state index contributed by atoms with van der Waals surface area (Å²) in [5, 5.41) is 7.28. The maximum Gasteiger partial charge on any atom is 0.233 e. The average Bonchev–Trinajstić information content (AvgIpc) is 2.57. The van der Waals surface area contributed by atoms with Crippen molar-refractivity contribution < 1.29 is 4.79 Å². The SMILES string of the molecule is C[C@H](NCC(=O)NCC12CC3CC(CC(C3)C1)C2)c1cccc(Cl)c1. The Morgan fingerprint density at radius 2 is 1.84 bits per heavy atom. The molecule has 4 heteroatoms. The van der Waals surface area contributed by atoms with Crippen LogP contribution in [-0.2, 0) is 4.79 Å². The molecule has 1 aromatic rings. The molecule has 0 unspecified atom stereocenters. The second-order valence-corrected chi connectivity index (χ2v) is 9.29. The molecule has 0 spiro atoms. The van der Waals surface area contributed by atoms with Gasteiger partial charge in [-0.1, -0.05) is 23.7 Å². The highest BCUT2D eigenvalue weighted by atomic mass is 35.5. The third-order valence-electron chi connectivity index (χ3n) is 6.74. The number of rotatable bonds is 6. The zero-order valence-corrected chi connectivity index (χ0v) is 15.8. The fourth-order valence-electron chi connectivity index (χ4n) is 5.99. The van der Waals surface area contributed by atoms with E-state index >= 15 is 0 Å². The first-order valence-electron chi connectivity index (χ1n) is 9.77. The zero-order chi connectivity index (χ0) is 17.4. The Hall–Kier alpha value is -1.06. The van der Waals surface area contributed by atoms with Gasteiger partial charge in [0.2, 0.25) is 5.91 Å². The summed E-state index contributed by atoms with van der Waals surface area (Å²) in [4.78, 5) is 12.3. The zero-order valence-electron chi connectivity index (χ0n) is 15.1. The number of benzene rings is 1. The lowest BCUT2D eigenvalue weighted by atomic mass is 9.49. The Kier molecular flexibility index (Phi) is 4.81. The Labute approximate surface area is 155 Å². The van der Waals surface area contributed by atoms with E-state index in [-0.39, 0.29) is 11.9 Å². The van der Waals surface area contributed by atoms with Gasteiger partial charge in [-0.25, -0.2) is 0 Å². The second-order valence-electron chi connectivity index (χ2n) is 8.85. The Bertz CT molecular complexity index is 609. The quantitative estimate of drug-likeness (QED) is 0.793. The monoisotopic (exact) mass is 360 g/mol. The standard InChI is InChI=1S/C21H29ClN2O/c1-14(18-3-2-4-19(22)8-18)23-12-20(25)24-13-21-9-15-5-16(10-21)7-17(6-15)11-21/h2-4,8,14-17,23H,5-7,9-13H2,1H3,(H,24,25)/t14-,15?,16?,17?,21?/m0/s1. The maximum atomic E-state index is 12.3. The minimum atomic E-state index is 0.115. The van der Waals surface area contributed by atoms with E-state index in [1.807, 2.05) is 24.3 Å². The Morgan fingerprint density at radius 3 is 2.44 bits per heavy atom.